The van der Waals surface area contributed by atoms with Crippen LogP contribution >= 0.6 is 19.4 Å². The van der Waals surface area contributed by atoms with Crippen molar-refractivity contribution in [3.05, 3.63) is 95.1 Å². The minimum absolute atomic E-state index is 0.163. The predicted molar refractivity (Wildman–Crippen MR) is 187 cm³/mol. The molecule has 3 aromatic carbocycles. The number of hydrogen-bond acceptors (Lipinski definition) is 3. The van der Waals surface area contributed by atoms with Crippen molar-refractivity contribution in [1.29, 1.82) is 0 Å². The Kier molecular flexibility index (Phi) is 13.6. The summed E-state index contributed by atoms with van der Waals surface area (Å²) in [6.45, 7) is 26.9. The maximum atomic E-state index is 5.82. The van der Waals surface area contributed by atoms with Crippen molar-refractivity contribution in [3.8, 4) is 5.75 Å². The second-order valence-corrected chi connectivity index (χ2v) is 18.4. The van der Waals surface area contributed by atoms with Gasteiger partial charge in [0, 0.05) is 24.5 Å². The zero-order chi connectivity index (χ0) is 31.8. The average Bonchev–Trinajstić information content (AvgIpc) is 3.42. The van der Waals surface area contributed by atoms with Gasteiger partial charge >= 0.3 is 97.8 Å². The summed E-state index contributed by atoms with van der Waals surface area (Å²) in [6.07, 6.45) is 0.163. The third-order valence-corrected chi connectivity index (χ3v) is 9.42. The maximum absolute atomic E-state index is 5.82. The van der Waals surface area contributed by atoms with Crippen LogP contribution in [0, 0.1) is 6.67 Å². The summed E-state index contributed by atoms with van der Waals surface area (Å²) >= 11 is -1.77. The van der Waals surface area contributed by atoms with E-state index in [-0.39, 0.29) is 6.10 Å². The Morgan fingerprint density at radius 2 is 1.02 bits per heavy atom. The Hall–Kier alpha value is -1.87. The van der Waals surface area contributed by atoms with Crippen molar-refractivity contribution in [2.24, 2.45) is 0 Å². The summed E-state index contributed by atoms with van der Waals surface area (Å²) in [5.41, 5.74) is 9.66. The molecule has 0 unspecified atom stereocenters. The second kappa shape index (κ2) is 16.4. The molecule has 0 aliphatic carbocycles. The first-order valence-electron chi connectivity index (χ1n) is 15.5. The molecule has 1 heterocycles. The number of ether oxygens (including phenoxy) is 1. The van der Waals surface area contributed by atoms with Gasteiger partial charge in [-0.15, -0.1) is 0 Å². The van der Waals surface area contributed by atoms with E-state index in [0.29, 0.717) is 23.7 Å². The monoisotopic (exact) mass is 711 g/mol. The van der Waals surface area contributed by atoms with E-state index in [4.69, 9.17) is 24.1 Å². The van der Waals surface area contributed by atoms with Crippen molar-refractivity contribution < 1.29 is 18.3 Å². The molecule has 1 aliphatic rings. The van der Waals surface area contributed by atoms with Gasteiger partial charge in [0.1, 0.15) is 0 Å². The van der Waals surface area contributed by atoms with Gasteiger partial charge in [0.25, 0.3) is 0 Å². The van der Waals surface area contributed by atoms with Gasteiger partial charge in [-0.1, -0.05) is 91.8 Å². The van der Waals surface area contributed by atoms with Crippen molar-refractivity contribution in [1.82, 2.24) is 0 Å². The van der Waals surface area contributed by atoms with E-state index in [1.165, 1.54) is 33.6 Å². The van der Waals surface area contributed by atoms with Crippen LogP contribution in [0.3, 0.4) is 0 Å². The molecule has 3 nitrogen and oxygen atoms in total. The molecule has 1 saturated heterocycles. The Morgan fingerprint density at radius 1 is 0.628 bits per heavy atom. The molecule has 1 aliphatic heterocycles. The molecular weight excluding hydrogens is 660 g/mol. The van der Waals surface area contributed by atoms with E-state index in [0.717, 1.165) is 24.4 Å². The van der Waals surface area contributed by atoms with Crippen molar-refractivity contribution in [2.45, 2.75) is 99.0 Å². The molecule has 238 valence electrons. The summed E-state index contributed by atoms with van der Waals surface area (Å²) in [5.74, 6) is 2.91. The molecular formula is C37H51Cl2N2ORu-. The summed E-state index contributed by atoms with van der Waals surface area (Å²) < 4.78 is 7.51. The number of halogens is 2. The first kappa shape index (κ1) is 35.6. The smallest absolute Gasteiger partial charge is 0.0156 e. The number of rotatable bonds is 9. The SMILES string of the molecule is CC(C)Oc1ccccc1[CH]=[Ru]([Cl])[Cl].CC(C)c1cccc(C(C)C)c1N1[CH-]N(c2c(C(C)C)cccc2C(C)C)CC1. The summed E-state index contributed by atoms with van der Waals surface area (Å²) in [4.78, 5) is 5.01. The first-order chi connectivity index (χ1) is 20.3. The Balaban J connectivity index is 0.000000303. The predicted octanol–water partition coefficient (Wildman–Crippen LogP) is 11.2. The van der Waals surface area contributed by atoms with Crippen molar-refractivity contribution in [2.75, 3.05) is 22.9 Å². The van der Waals surface area contributed by atoms with Gasteiger partial charge in [-0.3, -0.25) is 0 Å². The molecule has 0 spiro atoms. The zero-order valence-electron chi connectivity index (χ0n) is 27.6. The van der Waals surface area contributed by atoms with Crippen LogP contribution in [-0.4, -0.2) is 23.8 Å². The van der Waals surface area contributed by atoms with E-state index >= 15 is 0 Å². The summed E-state index contributed by atoms with van der Waals surface area (Å²) in [7, 11) is 11.6. The number of hydrogen-bond donors (Lipinski definition) is 0. The second-order valence-electron chi connectivity index (χ2n) is 12.7. The Bertz CT molecular complexity index is 1240. The first-order valence-corrected chi connectivity index (χ1v) is 21.0. The molecule has 0 amide bonds. The van der Waals surface area contributed by atoms with E-state index in [9.17, 15) is 0 Å². The minimum Gasteiger partial charge on any atom is -0.502 e. The van der Waals surface area contributed by atoms with Gasteiger partial charge in [-0.05, 0) is 45.9 Å². The van der Waals surface area contributed by atoms with Gasteiger partial charge < -0.3 is 9.80 Å². The van der Waals surface area contributed by atoms with Gasteiger partial charge in [-0.2, -0.15) is 6.67 Å². The largest absolute Gasteiger partial charge is 0.502 e. The van der Waals surface area contributed by atoms with Gasteiger partial charge in [0.15, 0.2) is 0 Å². The minimum atomic E-state index is -1.77. The van der Waals surface area contributed by atoms with E-state index in [1.807, 2.05) is 42.7 Å². The fourth-order valence-electron chi connectivity index (χ4n) is 5.53. The molecule has 0 atom stereocenters. The normalized spacial score (nSPS) is 13.7. The van der Waals surface area contributed by atoms with Crippen LogP contribution < -0.4 is 14.5 Å². The molecule has 43 heavy (non-hydrogen) atoms. The third-order valence-electron chi connectivity index (χ3n) is 7.59. The molecule has 0 radical (unpaired) electrons. The number of benzene rings is 3. The van der Waals surface area contributed by atoms with Crippen molar-refractivity contribution >= 4 is 35.4 Å². The standard InChI is InChI=1S/C27H39N2.C10H12O.2ClH.Ru/c1-18(2)22-11-9-12-23(19(3)4)26(22)28-15-16-29(17-28)27-24(20(5)6)13-10-14-25(27)21(7)8;1-8(2)11-10-7-5-4-6-9(10)3;;;/h9-14,17-21H,15-16H2,1-8H3;3-8H,1-2H3;2*1H;/q-1;;;;+2/p-2. The van der Waals surface area contributed by atoms with Gasteiger partial charge in [-0.25, -0.2) is 0 Å². The Labute approximate surface area is 275 Å². The summed E-state index contributed by atoms with van der Waals surface area (Å²) in [6, 6.07) is 21.5. The van der Waals surface area contributed by atoms with Crippen LogP contribution in [-0.2, 0) is 13.5 Å². The van der Waals surface area contributed by atoms with Gasteiger partial charge in [0.2, 0.25) is 0 Å². The van der Waals surface area contributed by atoms with E-state index in [1.54, 1.807) is 0 Å². The van der Waals surface area contributed by atoms with Crippen LogP contribution in [0.25, 0.3) is 0 Å². The zero-order valence-corrected chi connectivity index (χ0v) is 30.9. The molecule has 0 bridgehead atoms. The van der Waals surface area contributed by atoms with Crippen LogP contribution in [0.2, 0.25) is 0 Å². The topological polar surface area (TPSA) is 15.7 Å². The van der Waals surface area contributed by atoms with Crippen LogP contribution in [0.1, 0.15) is 121 Å². The van der Waals surface area contributed by atoms with Crippen LogP contribution in [0.4, 0.5) is 11.4 Å². The fraction of sp³-hybridized carbons (Fsp3) is 0.459. The fourth-order valence-corrected chi connectivity index (χ4v) is 7.34. The maximum Gasteiger partial charge on any atom is 0.0156 e. The van der Waals surface area contributed by atoms with Crippen LogP contribution in [0.5, 0.6) is 5.75 Å². The number of nitrogens with zero attached hydrogens (tertiary/aromatic N) is 2. The van der Waals surface area contributed by atoms with Crippen molar-refractivity contribution in [3.63, 3.8) is 0 Å². The average molecular weight is 712 g/mol. The van der Waals surface area contributed by atoms with Gasteiger partial charge in [0.05, 0.1) is 0 Å². The molecule has 4 rings (SSSR count). The molecule has 1 fully saturated rings. The summed E-state index contributed by atoms with van der Waals surface area (Å²) in [5, 5.41) is 0. The molecule has 0 aromatic heterocycles. The molecule has 0 saturated carbocycles. The number of para-hydroxylation sites is 3. The Morgan fingerprint density at radius 3 is 1.37 bits per heavy atom. The van der Waals surface area contributed by atoms with E-state index in [2.05, 4.69) is 108 Å². The van der Waals surface area contributed by atoms with E-state index < -0.39 is 13.5 Å². The molecule has 3 aromatic rings. The quantitative estimate of drug-likeness (QED) is 0.162. The molecule has 0 N–H and O–H groups in total. The number of anilines is 2. The van der Waals surface area contributed by atoms with Crippen LogP contribution in [0.15, 0.2) is 60.7 Å². The third kappa shape index (κ3) is 9.56. The molecule has 6 heteroatoms.